The van der Waals surface area contributed by atoms with Crippen molar-refractivity contribution in [3.8, 4) is 5.75 Å². The van der Waals surface area contributed by atoms with E-state index in [1.54, 1.807) is 32.9 Å². The molecule has 2 aromatic carbocycles. The number of hydrogen-bond donors (Lipinski definition) is 1. The quantitative estimate of drug-likeness (QED) is 0.659. The molecule has 0 heterocycles. The predicted molar refractivity (Wildman–Crippen MR) is 91.1 cm³/mol. The zero-order chi connectivity index (χ0) is 18.1. The van der Waals surface area contributed by atoms with Crippen molar-refractivity contribution >= 4 is 21.4 Å². The highest BCUT2D eigenvalue weighted by Gasteiger charge is 2.22. The van der Waals surface area contributed by atoms with Crippen molar-refractivity contribution in [2.45, 2.75) is 25.7 Å². The Morgan fingerprint density at radius 3 is 2.12 bits per heavy atom. The highest BCUT2D eigenvalue weighted by molar-refractivity contribution is 7.92. The lowest BCUT2D eigenvalue weighted by Gasteiger charge is -2.15. The van der Waals surface area contributed by atoms with Gasteiger partial charge >= 0.3 is 0 Å². The second kappa shape index (κ2) is 6.48. The van der Waals surface area contributed by atoms with E-state index >= 15 is 0 Å². The number of nitro benzene ring substituents is 1. The van der Waals surface area contributed by atoms with Crippen molar-refractivity contribution in [2.24, 2.45) is 0 Å². The minimum Gasteiger partial charge on any atom is -0.497 e. The number of sulfonamides is 1. The summed E-state index contributed by atoms with van der Waals surface area (Å²) in [5.74, 6) is 0.565. The summed E-state index contributed by atoms with van der Waals surface area (Å²) in [5, 5.41) is 10.9. The summed E-state index contributed by atoms with van der Waals surface area (Å²) in [4.78, 5) is 10.5. The van der Waals surface area contributed by atoms with Crippen LogP contribution in [0.25, 0.3) is 0 Å². The fourth-order valence-electron chi connectivity index (χ4n) is 2.48. The summed E-state index contributed by atoms with van der Waals surface area (Å²) in [6.07, 6.45) is 0. The number of rotatable bonds is 5. The molecule has 0 unspecified atom stereocenters. The van der Waals surface area contributed by atoms with Crippen molar-refractivity contribution in [1.29, 1.82) is 0 Å². The third-order valence-corrected chi connectivity index (χ3v) is 5.28. The van der Waals surface area contributed by atoms with Crippen LogP contribution in [0, 0.1) is 30.9 Å². The van der Waals surface area contributed by atoms with Crippen LogP contribution in [0.15, 0.2) is 35.2 Å². The van der Waals surface area contributed by atoms with Gasteiger partial charge in [0.15, 0.2) is 0 Å². The fourth-order valence-corrected chi connectivity index (χ4v) is 4.06. The average molecular weight is 350 g/mol. The molecule has 8 heteroatoms. The van der Waals surface area contributed by atoms with Crippen LogP contribution in [0.5, 0.6) is 5.75 Å². The first-order valence-corrected chi connectivity index (χ1v) is 8.57. The summed E-state index contributed by atoms with van der Waals surface area (Å²) in [6, 6.07) is 7.30. The normalized spacial score (nSPS) is 11.2. The molecule has 0 aliphatic heterocycles. The largest absolute Gasteiger partial charge is 0.497 e. The number of methoxy groups -OCH3 is 1. The number of ether oxygens (including phenoxy) is 1. The van der Waals surface area contributed by atoms with Gasteiger partial charge in [0, 0.05) is 12.1 Å². The average Bonchev–Trinajstić information content (AvgIpc) is 2.47. The van der Waals surface area contributed by atoms with Crippen molar-refractivity contribution < 1.29 is 18.1 Å². The van der Waals surface area contributed by atoms with Gasteiger partial charge in [0.2, 0.25) is 0 Å². The minimum absolute atomic E-state index is 0.134. The van der Waals surface area contributed by atoms with Crippen LogP contribution < -0.4 is 9.46 Å². The topological polar surface area (TPSA) is 98.5 Å². The van der Waals surface area contributed by atoms with Gasteiger partial charge in [-0.25, -0.2) is 8.42 Å². The Balaban J connectivity index is 2.50. The lowest BCUT2D eigenvalue weighted by Crippen LogP contribution is -2.16. The molecule has 1 N–H and O–H groups in total. The van der Waals surface area contributed by atoms with Crippen LogP contribution in [-0.2, 0) is 10.0 Å². The van der Waals surface area contributed by atoms with E-state index in [4.69, 9.17) is 4.74 Å². The first-order chi connectivity index (χ1) is 11.2. The number of anilines is 1. The Morgan fingerprint density at radius 1 is 1.04 bits per heavy atom. The summed E-state index contributed by atoms with van der Waals surface area (Å²) >= 11 is 0. The smallest absolute Gasteiger partial charge is 0.271 e. The van der Waals surface area contributed by atoms with Crippen molar-refractivity contribution in [3.05, 3.63) is 57.1 Å². The van der Waals surface area contributed by atoms with E-state index in [2.05, 4.69) is 4.72 Å². The van der Waals surface area contributed by atoms with Gasteiger partial charge in [-0.2, -0.15) is 0 Å². The van der Waals surface area contributed by atoms with Gasteiger partial charge in [0.25, 0.3) is 15.7 Å². The Morgan fingerprint density at radius 2 is 1.62 bits per heavy atom. The molecule has 128 valence electrons. The number of nitrogens with zero attached hydrogens (tertiary/aromatic N) is 1. The number of benzene rings is 2. The van der Waals surface area contributed by atoms with E-state index in [-0.39, 0.29) is 16.3 Å². The van der Waals surface area contributed by atoms with Crippen molar-refractivity contribution in [1.82, 2.24) is 0 Å². The van der Waals surface area contributed by atoms with Crippen molar-refractivity contribution in [3.63, 3.8) is 0 Å². The van der Waals surface area contributed by atoms with E-state index in [0.717, 1.165) is 0 Å². The number of hydrogen-bond acceptors (Lipinski definition) is 5. The van der Waals surface area contributed by atoms with Crippen LogP contribution >= 0.6 is 0 Å². The Labute approximate surface area is 140 Å². The number of non-ortho nitro benzene ring substituents is 1. The van der Waals surface area contributed by atoms with Gasteiger partial charge in [-0.15, -0.1) is 0 Å². The molecule has 0 atom stereocenters. The first-order valence-electron chi connectivity index (χ1n) is 7.09. The monoisotopic (exact) mass is 350 g/mol. The Kier molecular flexibility index (Phi) is 4.79. The molecule has 0 aromatic heterocycles. The molecule has 0 spiro atoms. The summed E-state index contributed by atoms with van der Waals surface area (Å²) < 4.78 is 33.1. The second-order valence-corrected chi connectivity index (χ2v) is 7.07. The fraction of sp³-hybridized carbons (Fsp3) is 0.250. The molecule has 0 radical (unpaired) electrons. The third-order valence-electron chi connectivity index (χ3n) is 3.61. The van der Waals surface area contributed by atoms with Gasteiger partial charge < -0.3 is 4.74 Å². The van der Waals surface area contributed by atoms with Crippen LogP contribution in [0.2, 0.25) is 0 Å². The molecule has 0 bridgehead atoms. The van der Waals surface area contributed by atoms with E-state index in [1.165, 1.54) is 25.3 Å². The summed E-state index contributed by atoms with van der Waals surface area (Å²) in [6.45, 7) is 5.02. The summed E-state index contributed by atoms with van der Waals surface area (Å²) in [7, 11) is -2.39. The molecule has 0 fully saturated rings. The highest BCUT2D eigenvalue weighted by atomic mass is 32.2. The lowest BCUT2D eigenvalue weighted by molar-refractivity contribution is -0.384. The first kappa shape index (κ1) is 17.7. The molecule has 0 saturated carbocycles. The van der Waals surface area contributed by atoms with Gasteiger partial charge in [-0.3, -0.25) is 14.8 Å². The molecule has 7 nitrogen and oxygen atoms in total. The summed E-state index contributed by atoms with van der Waals surface area (Å²) in [5.41, 5.74) is 1.65. The van der Waals surface area contributed by atoms with E-state index in [9.17, 15) is 18.5 Å². The molecule has 0 saturated heterocycles. The van der Waals surface area contributed by atoms with Gasteiger partial charge in [-0.05, 0) is 49.6 Å². The van der Waals surface area contributed by atoms with Crippen molar-refractivity contribution in [2.75, 3.05) is 11.8 Å². The molecule has 0 amide bonds. The van der Waals surface area contributed by atoms with Gasteiger partial charge in [0.05, 0.1) is 22.6 Å². The second-order valence-electron chi connectivity index (χ2n) is 5.45. The highest BCUT2D eigenvalue weighted by Crippen LogP contribution is 2.29. The van der Waals surface area contributed by atoms with E-state index in [0.29, 0.717) is 22.4 Å². The van der Waals surface area contributed by atoms with Crippen LogP contribution in [0.4, 0.5) is 11.4 Å². The lowest BCUT2D eigenvalue weighted by atomic mass is 10.1. The van der Waals surface area contributed by atoms with Crippen LogP contribution in [0.1, 0.15) is 16.7 Å². The molecule has 0 aliphatic rings. The Bertz CT molecular complexity index is 884. The maximum atomic E-state index is 12.8. The zero-order valence-electron chi connectivity index (χ0n) is 13.8. The molecular formula is C16H18N2O5S. The van der Waals surface area contributed by atoms with Gasteiger partial charge in [-0.1, -0.05) is 6.07 Å². The molecule has 24 heavy (non-hydrogen) atoms. The number of aryl methyl sites for hydroxylation is 3. The number of nitro groups is 1. The maximum absolute atomic E-state index is 12.8. The zero-order valence-corrected chi connectivity index (χ0v) is 14.6. The van der Waals surface area contributed by atoms with Crippen LogP contribution in [-0.4, -0.2) is 20.5 Å². The standard InChI is InChI=1S/C16H18N2O5S/c1-10-5-6-13(18(19)20)9-15(10)17-24(21,22)16-11(2)7-14(23-4)8-12(16)3/h5-9,17H,1-4H3. The van der Waals surface area contributed by atoms with E-state index in [1.807, 2.05) is 0 Å². The predicted octanol–water partition coefficient (Wildman–Crippen LogP) is 3.33. The SMILES string of the molecule is COc1cc(C)c(S(=O)(=O)Nc2cc([N+](=O)[O-])ccc2C)c(C)c1. The minimum atomic E-state index is -3.89. The maximum Gasteiger partial charge on any atom is 0.271 e. The third kappa shape index (κ3) is 3.48. The molecule has 0 aliphatic carbocycles. The van der Waals surface area contributed by atoms with Crippen LogP contribution in [0.3, 0.4) is 0 Å². The van der Waals surface area contributed by atoms with E-state index < -0.39 is 14.9 Å². The molecular weight excluding hydrogens is 332 g/mol. The Hall–Kier alpha value is -2.61. The van der Waals surface area contributed by atoms with Gasteiger partial charge in [0.1, 0.15) is 5.75 Å². The molecule has 2 aromatic rings. The number of nitrogens with one attached hydrogen (secondary N) is 1. The molecule has 2 rings (SSSR count).